The van der Waals surface area contributed by atoms with Crippen LogP contribution < -0.4 is 5.32 Å². The van der Waals surface area contributed by atoms with Crippen LogP contribution in [-0.4, -0.2) is 16.3 Å². The van der Waals surface area contributed by atoms with Gasteiger partial charge in [0.05, 0.1) is 6.07 Å². The minimum atomic E-state index is -0.739. The van der Waals surface area contributed by atoms with Crippen LogP contribution in [0.5, 0.6) is 0 Å². The van der Waals surface area contributed by atoms with Crippen LogP contribution in [0.4, 0.5) is 0 Å². The van der Waals surface area contributed by atoms with Crippen LogP contribution in [0.1, 0.15) is 25.7 Å². The van der Waals surface area contributed by atoms with Crippen LogP contribution in [0.3, 0.4) is 0 Å². The average Bonchev–Trinajstić information content (AvgIpc) is 2.80. The minimum absolute atomic E-state index is 0.0447. The summed E-state index contributed by atoms with van der Waals surface area (Å²) >= 11 is 11.6. The highest BCUT2D eigenvalue weighted by molar-refractivity contribution is 6.49. The molecular formula is C9H10Cl2N2O. The molecule has 0 atom stereocenters. The van der Waals surface area contributed by atoms with Crippen molar-refractivity contribution >= 4 is 29.1 Å². The molecule has 0 radical (unpaired) electrons. The molecular weight excluding hydrogens is 223 g/mol. The first-order valence-corrected chi connectivity index (χ1v) is 5.33. The molecule has 2 rings (SSSR count). The summed E-state index contributed by atoms with van der Waals surface area (Å²) in [7, 11) is 0. The normalized spacial score (nSPS) is 27.2. The molecule has 1 N–H and O–H groups in total. The van der Waals surface area contributed by atoms with Gasteiger partial charge in [-0.25, -0.2) is 0 Å². The first-order chi connectivity index (χ1) is 6.47. The Balaban J connectivity index is 1.83. The van der Waals surface area contributed by atoms with Crippen molar-refractivity contribution in [2.75, 3.05) is 0 Å². The number of halogens is 2. The summed E-state index contributed by atoms with van der Waals surface area (Å²) in [5, 5.41) is 11.6. The molecule has 2 aliphatic carbocycles. The SMILES string of the molecule is N#CC1(C(=O)NC2CC(Cl)(Cl)C2)CC1. The fraction of sp³-hybridized carbons (Fsp3) is 0.778. The molecule has 0 aromatic heterocycles. The topological polar surface area (TPSA) is 52.9 Å². The molecule has 0 spiro atoms. The number of carbonyl (C=O) groups excluding carboxylic acids is 1. The van der Waals surface area contributed by atoms with Gasteiger partial charge in [0, 0.05) is 18.9 Å². The lowest BCUT2D eigenvalue weighted by molar-refractivity contribution is -0.125. The van der Waals surface area contributed by atoms with Crippen molar-refractivity contribution in [3.63, 3.8) is 0 Å². The Labute approximate surface area is 92.4 Å². The lowest BCUT2D eigenvalue weighted by Gasteiger charge is -2.38. The molecule has 2 saturated carbocycles. The second kappa shape index (κ2) is 3.01. The van der Waals surface area contributed by atoms with Crippen LogP contribution in [0.15, 0.2) is 0 Å². The van der Waals surface area contributed by atoms with E-state index in [0.29, 0.717) is 25.7 Å². The molecule has 0 heterocycles. The predicted octanol–water partition coefficient (Wildman–Crippen LogP) is 1.74. The Morgan fingerprint density at radius 2 is 2.00 bits per heavy atom. The Morgan fingerprint density at radius 1 is 1.43 bits per heavy atom. The van der Waals surface area contributed by atoms with E-state index in [1.54, 1.807) is 0 Å². The summed E-state index contributed by atoms with van der Waals surface area (Å²) in [5.41, 5.74) is -0.739. The maximum Gasteiger partial charge on any atom is 0.240 e. The van der Waals surface area contributed by atoms with Crippen LogP contribution in [0, 0.1) is 16.7 Å². The summed E-state index contributed by atoms with van der Waals surface area (Å²) in [6.45, 7) is 0. The fourth-order valence-corrected chi connectivity index (χ4v) is 2.35. The zero-order chi connectivity index (χ0) is 10.4. The van der Waals surface area contributed by atoms with Crippen LogP contribution >= 0.6 is 23.2 Å². The molecule has 5 heteroatoms. The average molecular weight is 233 g/mol. The number of rotatable bonds is 2. The molecule has 0 saturated heterocycles. The van der Waals surface area contributed by atoms with Crippen molar-refractivity contribution in [3.05, 3.63) is 0 Å². The van der Waals surface area contributed by atoms with E-state index in [2.05, 4.69) is 5.32 Å². The van der Waals surface area contributed by atoms with Gasteiger partial charge in [0.1, 0.15) is 9.75 Å². The third-order valence-corrected chi connectivity index (χ3v) is 3.44. The highest BCUT2D eigenvalue weighted by Crippen LogP contribution is 2.47. The zero-order valence-electron chi connectivity index (χ0n) is 7.52. The Kier molecular flexibility index (Phi) is 2.17. The van der Waals surface area contributed by atoms with Crippen molar-refractivity contribution in [1.82, 2.24) is 5.32 Å². The van der Waals surface area contributed by atoms with Crippen LogP contribution in [0.2, 0.25) is 0 Å². The molecule has 2 aliphatic rings. The summed E-state index contributed by atoms with van der Waals surface area (Å²) in [4.78, 5) is 11.6. The van der Waals surface area contributed by atoms with Gasteiger partial charge in [0.2, 0.25) is 5.91 Å². The molecule has 76 valence electrons. The number of alkyl halides is 2. The Bertz CT molecular complexity index is 309. The van der Waals surface area contributed by atoms with E-state index in [1.807, 2.05) is 6.07 Å². The summed E-state index contributed by atoms with van der Waals surface area (Å²) in [5.74, 6) is -0.158. The van der Waals surface area contributed by atoms with Crippen molar-refractivity contribution in [2.24, 2.45) is 5.41 Å². The molecule has 0 aliphatic heterocycles. The molecule has 14 heavy (non-hydrogen) atoms. The molecule has 1 amide bonds. The third-order valence-electron chi connectivity index (χ3n) is 2.82. The van der Waals surface area contributed by atoms with E-state index < -0.39 is 9.75 Å². The van der Waals surface area contributed by atoms with E-state index in [-0.39, 0.29) is 11.9 Å². The summed E-state index contributed by atoms with van der Waals surface area (Å²) in [6.07, 6.45) is 2.50. The van der Waals surface area contributed by atoms with Gasteiger partial charge in [-0.1, -0.05) is 0 Å². The van der Waals surface area contributed by atoms with E-state index in [1.165, 1.54) is 0 Å². The first kappa shape index (κ1) is 10.1. The molecule has 0 unspecified atom stereocenters. The maximum atomic E-state index is 11.6. The van der Waals surface area contributed by atoms with Crippen LogP contribution in [-0.2, 0) is 4.79 Å². The molecule has 0 aromatic carbocycles. The number of carbonyl (C=O) groups is 1. The van der Waals surface area contributed by atoms with Gasteiger partial charge in [-0.3, -0.25) is 4.79 Å². The molecule has 0 aromatic rings. The fourth-order valence-electron chi connectivity index (χ4n) is 1.60. The molecule has 3 nitrogen and oxygen atoms in total. The molecule has 2 fully saturated rings. The second-order valence-corrected chi connectivity index (χ2v) is 5.77. The summed E-state index contributed by atoms with van der Waals surface area (Å²) in [6, 6.07) is 2.09. The van der Waals surface area contributed by atoms with Gasteiger partial charge in [0.15, 0.2) is 0 Å². The first-order valence-electron chi connectivity index (χ1n) is 4.58. The second-order valence-electron chi connectivity index (χ2n) is 4.13. The van der Waals surface area contributed by atoms with Crippen molar-refractivity contribution in [2.45, 2.75) is 36.1 Å². The van der Waals surface area contributed by atoms with Crippen LogP contribution in [0.25, 0.3) is 0 Å². The van der Waals surface area contributed by atoms with Gasteiger partial charge in [0.25, 0.3) is 0 Å². The zero-order valence-corrected chi connectivity index (χ0v) is 9.03. The smallest absolute Gasteiger partial charge is 0.240 e. The van der Waals surface area contributed by atoms with E-state index in [0.717, 1.165) is 0 Å². The number of hydrogen-bond acceptors (Lipinski definition) is 2. The van der Waals surface area contributed by atoms with Crippen molar-refractivity contribution in [3.8, 4) is 6.07 Å². The van der Waals surface area contributed by atoms with Crippen molar-refractivity contribution < 1.29 is 4.79 Å². The van der Waals surface area contributed by atoms with E-state index in [9.17, 15) is 4.79 Å². The highest BCUT2D eigenvalue weighted by Gasteiger charge is 2.52. The molecule has 0 bridgehead atoms. The quantitative estimate of drug-likeness (QED) is 0.738. The van der Waals surface area contributed by atoms with Crippen molar-refractivity contribution in [1.29, 1.82) is 5.26 Å². The standard InChI is InChI=1S/C9H10Cl2N2O/c10-9(11)3-6(4-9)13-7(14)8(5-12)1-2-8/h6H,1-4H2,(H,13,14). The lowest BCUT2D eigenvalue weighted by atomic mass is 9.91. The minimum Gasteiger partial charge on any atom is -0.352 e. The third kappa shape index (κ3) is 1.69. The number of nitrogens with one attached hydrogen (secondary N) is 1. The largest absolute Gasteiger partial charge is 0.352 e. The Hall–Kier alpha value is -0.460. The monoisotopic (exact) mass is 232 g/mol. The van der Waals surface area contributed by atoms with E-state index in [4.69, 9.17) is 28.5 Å². The van der Waals surface area contributed by atoms with Gasteiger partial charge in [-0.2, -0.15) is 5.26 Å². The van der Waals surface area contributed by atoms with Gasteiger partial charge < -0.3 is 5.32 Å². The number of nitrogens with zero attached hydrogens (tertiary/aromatic N) is 1. The van der Waals surface area contributed by atoms with Gasteiger partial charge >= 0.3 is 0 Å². The maximum absolute atomic E-state index is 11.6. The van der Waals surface area contributed by atoms with E-state index >= 15 is 0 Å². The number of nitriles is 1. The van der Waals surface area contributed by atoms with Gasteiger partial charge in [-0.15, -0.1) is 23.2 Å². The summed E-state index contributed by atoms with van der Waals surface area (Å²) < 4.78 is -0.679. The van der Waals surface area contributed by atoms with Gasteiger partial charge in [-0.05, 0) is 12.8 Å². The predicted molar refractivity (Wildman–Crippen MR) is 52.9 cm³/mol. The highest BCUT2D eigenvalue weighted by atomic mass is 35.5. The number of hydrogen-bond donors (Lipinski definition) is 1. The number of amides is 1. The Morgan fingerprint density at radius 3 is 2.36 bits per heavy atom. The lowest BCUT2D eigenvalue weighted by Crippen LogP contribution is -2.51.